The first kappa shape index (κ1) is 13.7. The number of hydrogen-bond acceptors (Lipinski definition) is 5. The van der Waals surface area contributed by atoms with Crippen molar-refractivity contribution in [2.75, 3.05) is 0 Å². The fraction of sp³-hybridized carbons (Fsp3) is 0.500. The molecule has 0 aliphatic heterocycles. The lowest BCUT2D eigenvalue weighted by atomic mass is 10.1. The first-order valence-electron chi connectivity index (χ1n) is 7.11. The van der Waals surface area contributed by atoms with Gasteiger partial charge in [0.05, 0.1) is 12.5 Å². The molecule has 0 radical (unpaired) electrons. The minimum Gasteiger partial charge on any atom is -0.481 e. The Labute approximate surface area is 122 Å². The largest absolute Gasteiger partial charge is 0.481 e. The highest BCUT2D eigenvalue weighted by molar-refractivity contribution is 5.67. The SMILES string of the molecule is O=C(O)CC(C1CC1)n1nnnc1CCc1ccncc1. The summed E-state index contributed by atoms with van der Waals surface area (Å²) in [7, 11) is 0. The number of aliphatic carboxylic acids is 1. The molecule has 0 aromatic carbocycles. The molecule has 1 saturated carbocycles. The molecule has 0 amide bonds. The number of hydrogen-bond donors (Lipinski definition) is 1. The van der Waals surface area contributed by atoms with Crippen LogP contribution in [0, 0.1) is 5.92 Å². The van der Waals surface area contributed by atoms with Crippen molar-refractivity contribution < 1.29 is 9.90 Å². The molecule has 0 bridgehead atoms. The molecular formula is C14H17N5O2. The third-order valence-corrected chi connectivity index (χ3v) is 3.81. The van der Waals surface area contributed by atoms with Gasteiger partial charge in [-0.15, -0.1) is 5.10 Å². The number of aromatic nitrogens is 5. The molecule has 7 heteroatoms. The number of carboxylic acids is 1. The topological polar surface area (TPSA) is 93.8 Å². The van der Waals surface area contributed by atoms with Gasteiger partial charge in [0.25, 0.3) is 0 Å². The number of pyridine rings is 1. The highest BCUT2D eigenvalue weighted by Gasteiger charge is 2.36. The zero-order valence-electron chi connectivity index (χ0n) is 11.6. The van der Waals surface area contributed by atoms with Crippen LogP contribution >= 0.6 is 0 Å². The molecule has 1 aliphatic carbocycles. The zero-order chi connectivity index (χ0) is 14.7. The highest BCUT2D eigenvalue weighted by atomic mass is 16.4. The molecule has 2 heterocycles. The Balaban J connectivity index is 1.72. The summed E-state index contributed by atoms with van der Waals surface area (Å²) in [4.78, 5) is 15.0. The summed E-state index contributed by atoms with van der Waals surface area (Å²) in [6.07, 6.45) is 7.22. The highest BCUT2D eigenvalue weighted by Crippen LogP contribution is 2.41. The maximum absolute atomic E-state index is 11.0. The molecule has 1 fully saturated rings. The first-order chi connectivity index (χ1) is 10.2. The van der Waals surface area contributed by atoms with Crippen molar-refractivity contribution in [3.8, 4) is 0 Å². The van der Waals surface area contributed by atoms with Gasteiger partial charge in [-0.05, 0) is 53.3 Å². The summed E-state index contributed by atoms with van der Waals surface area (Å²) in [6.45, 7) is 0. The summed E-state index contributed by atoms with van der Waals surface area (Å²) < 4.78 is 1.72. The predicted octanol–water partition coefficient (Wildman–Crippen LogP) is 1.28. The van der Waals surface area contributed by atoms with Crippen molar-refractivity contribution in [2.45, 2.75) is 38.1 Å². The maximum atomic E-state index is 11.0. The minimum atomic E-state index is -0.803. The molecule has 3 rings (SSSR count). The van der Waals surface area contributed by atoms with Gasteiger partial charge in [-0.3, -0.25) is 9.78 Å². The minimum absolute atomic E-state index is 0.0813. The van der Waals surface area contributed by atoms with Gasteiger partial charge in [0.15, 0.2) is 5.82 Å². The van der Waals surface area contributed by atoms with E-state index in [-0.39, 0.29) is 12.5 Å². The molecule has 1 aliphatic rings. The van der Waals surface area contributed by atoms with Crippen molar-refractivity contribution in [3.63, 3.8) is 0 Å². The van der Waals surface area contributed by atoms with Gasteiger partial charge in [0, 0.05) is 18.8 Å². The van der Waals surface area contributed by atoms with Crippen LogP contribution < -0.4 is 0 Å². The van der Waals surface area contributed by atoms with Crippen LogP contribution in [0.1, 0.15) is 36.7 Å². The molecule has 1 atom stereocenters. The summed E-state index contributed by atoms with van der Waals surface area (Å²) in [5.41, 5.74) is 1.17. The zero-order valence-corrected chi connectivity index (χ0v) is 11.6. The molecule has 2 aromatic heterocycles. The molecule has 2 aromatic rings. The van der Waals surface area contributed by atoms with E-state index in [2.05, 4.69) is 20.5 Å². The quantitative estimate of drug-likeness (QED) is 0.824. The summed E-state index contributed by atoms with van der Waals surface area (Å²) in [5, 5.41) is 20.9. The van der Waals surface area contributed by atoms with E-state index in [1.165, 1.54) is 5.56 Å². The van der Waals surface area contributed by atoms with E-state index < -0.39 is 5.97 Å². The number of rotatable bonds is 7. The van der Waals surface area contributed by atoms with Crippen molar-refractivity contribution in [1.29, 1.82) is 0 Å². The van der Waals surface area contributed by atoms with Crippen LogP contribution in [0.5, 0.6) is 0 Å². The Kier molecular flexibility index (Phi) is 3.89. The lowest BCUT2D eigenvalue weighted by Gasteiger charge is -2.15. The third kappa shape index (κ3) is 3.42. The number of aryl methyl sites for hydroxylation is 2. The van der Waals surface area contributed by atoms with E-state index >= 15 is 0 Å². The van der Waals surface area contributed by atoms with Crippen molar-refractivity contribution >= 4 is 5.97 Å². The Morgan fingerprint density at radius 1 is 1.33 bits per heavy atom. The van der Waals surface area contributed by atoms with E-state index in [4.69, 9.17) is 5.11 Å². The fourth-order valence-electron chi connectivity index (χ4n) is 2.55. The predicted molar refractivity (Wildman–Crippen MR) is 73.5 cm³/mol. The summed E-state index contributed by atoms with van der Waals surface area (Å²) in [5.74, 6) is 0.344. The molecule has 110 valence electrons. The lowest BCUT2D eigenvalue weighted by molar-refractivity contribution is -0.138. The lowest BCUT2D eigenvalue weighted by Crippen LogP contribution is -2.20. The fourth-order valence-corrected chi connectivity index (χ4v) is 2.55. The van der Waals surface area contributed by atoms with E-state index in [1.807, 2.05) is 12.1 Å². The second kappa shape index (κ2) is 5.99. The van der Waals surface area contributed by atoms with Crippen LogP contribution in [-0.2, 0) is 17.6 Å². The van der Waals surface area contributed by atoms with Gasteiger partial charge in [0.1, 0.15) is 0 Å². The van der Waals surface area contributed by atoms with Crippen LogP contribution in [0.25, 0.3) is 0 Å². The number of nitrogens with zero attached hydrogens (tertiary/aromatic N) is 5. The summed E-state index contributed by atoms with van der Waals surface area (Å²) in [6, 6.07) is 3.80. The number of carboxylic acid groups (broad SMARTS) is 1. The van der Waals surface area contributed by atoms with Crippen molar-refractivity contribution in [1.82, 2.24) is 25.2 Å². The Bertz CT molecular complexity index is 609. The molecule has 21 heavy (non-hydrogen) atoms. The van der Waals surface area contributed by atoms with Crippen molar-refractivity contribution in [2.24, 2.45) is 5.92 Å². The summed E-state index contributed by atoms with van der Waals surface area (Å²) >= 11 is 0. The second-order valence-electron chi connectivity index (χ2n) is 5.40. The van der Waals surface area contributed by atoms with Crippen LogP contribution in [0.4, 0.5) is 0 Å². The Morgan fingerprint density at radius 2 is 2.10 bits per heavy atom. The van der Waals surface area contributed by atoms with Gasteiger partial charge in [-0.2, -0.15) is 0 Å². The molecule has 7 nitrogen and oxygen atoms in total. The van der Waals surface area contributed by atoms with Gasteiger partial charge >= 0.3 is 5.97 Å². The average molecular weight is 287 g/mol. The Hall–Kier alpha value is -2.31. The van der Waals surface area contributed by atoms with E-state index in [9.17, 15) is 4.79 Å². The third-order valence-electron chi connectivity index (χ3n) is 3.81. The second-order valence-corrected chi connectivity index (χ2v) is 5.40. The molecule has 0 saturated heterocycles. The Morgan fingerprint density at radius 3 is 2.76 bits per heavy atom. The molecular weight excluding hydrogens is 270 g/mol. The number of tetrazole rings is 1. The first-order valence-corrected chi connectivity index (χ1v) is 7.11. The normalized spacial score (nSPS) is 15.8. The van der Waals surface area contributed by atoms with E-state index in [0.29, 0.717) is 12.3 Å². The smallest absolute Gasteiger partial charge is 0.305 e. The molecule has 1 unspecified atom stereocenters. The van der Waals surface area contributed by atoms with Crippen molar-refractivity contribution in [3.05, 3.63) is 35.9 Å². The maximum Gasteiger partial charge on any atom is 0.305 e. The van der Waals surface area contributed by atoms with Gasteiger partial charge in [-0.1, -0.05) is 0 Å². The van der Waals surface area contributed by atoms with E-state index in [0.717, 1.165) is 25.1 Å². The average Bonchev–Trinajstić information content (AvgIpc) is 3.22. The van der Waals surface area contributed by atoms with Crippen LogP contribution in [0.15, 0.2) is 24.5 Å². The van der Waals surface area contributed by atoms with Crippen LogP contribution in [-0.4, -0.2) is 36.3 Å². The van der Waals surface area contributed by atoms with Gasteiger partial charge in [0.2, 0.25) is 0 Å². The van der Waals surface area contributed by atoms with Gasteiger partial charge in [-0.25, -0.2) is 4.68 Å². The van der Waals surface area contributed by atoms with E-state index in [1.54, 1.807) is 17.1 Å². The molecule has 1 N–H and O–H groups in total. The molecule has 0 spiro atoms. The van der Waals surface area contributed by atoms with Gasteiger partial charge < -0.3 is 5.11 Å². The monoisotopic (exact) mass is 287 g/mol. The van der Waals surface area contributed by atoms with Crippen LogP contribution in [0.3, 0.4) is 0 Å². The standard InChI is InChI=1S/C14H17N5O2/c20-14(21)9-12(11-2-3-11)19-13(16-17-18-19)4-1-10-5-7-15-8-6-10/h5-8,11-12H,1-4,9H2,(H,20,21). The number of carbonyl (C=O) groups is 1. The van der Waals surface area contributed by atoms with Crippen LogP contribution in [0.2, 0.25) is 0 Å².